The Kier molecular flexibility index (Phi) is 9.86. The number of esters is 2. The van der Waals surface area contributed by atoms with Crippen LogP contribution in [0.4, 0.5) is 0 Å². The normalized spacial score (nSPS) is 37.3. The number of hydrogen-bond donors (Lipinski definition) is 3. The minimum absolute atomic E-state index is 0.0943. The van der Waals surface area contributed by atoms with Gasteiger partial charge < -0.3 is 24.8 Å². The van der Waals surface area contributed by atoms with E-state index in [4.69, 9.17) is 4.74 Å². The summed E-state index contributed by atoms with van der Waals surface area (Å²) in [5.41, 5.74) is 1.20. The number of ether oxygens (including phenoxy) is 2. The van der Waals surface area contributed by atoms with Gasteiger partial charge in [0.15, 0.2) is 0 Å². The molecule has 0 amide bonds. The van der Waals surface area contributed by atoms with Gasteiger partial charge in [0.25, 0.3) is 0 Å². The van der Waals surface area contributed by atoms with Gasteiger partial charge in [-0.2, -0.15) is 0 Å². The molecule has 8 heteroatoms. The maximum Gasteiger partial charge on any atom is 0.309 e. The van der Waals surface area contributed by atoms with Crippen LogP contribution in [0.2, 0.25) is 0 Å². The summed E-state index contributed by atoms with van der Waals surface area (Å²) in [5.74, 6) is -2.18. The highest BCUT2D eigenvalue weighted by Crippen LogP contribution is 2.72. The fourth-order valence-corrected chi connectivity index (χ4v) is 10.6. The molecular weight excluding hydrogens is 572 g/mol. The molecule has 0 radical (unpaired) electrons. The number of carbonyl (C=O) groups is 3. The highest BCUT2D eigenvalue weighted by Gasteiger charge is 2.67. The second-order valence-electron chi connectivity index (χ2n) is 16.5. The second kappa shape index (κ2) is 12.4. The molecule has 0 bridgehead atoms. The van der Waals surface area contributed by atoms with Gasteiger partial charge in [-0.25, -0.2) is 0 Å². The standard InChI is InChI=1S/C37H58O8/c1-22(2)11-10-12-23(32(41)42)26-19-28(38)37(8)25-13-14-27-33(3,4)29(45-31(40)21-34(5,43)20-30(39)44-9)16-17-35(27,6)24(25)15-18-36(26,37)7/h11,23,26-29,38,43H,10,12-21H2,1-9H3,(H,41,42)/t23-,26-,27+,28+,29-,34+,35-,36-,37-/m1/s1. The minimum atomic E-state index is -1.54. The van der Waals surface area contributed by atoms with E-state index < -0.39 is 40.9 Å². The van der Waals surface area contributed by atoms with Crippen molar-refractivity contribution < 1.29 is 39.2 Å². The number of hydrogen-bond acceptors (Lipinski definition) is 7. The smallest absolute Gasteiger partial charge is 0.309 e. The van der Waals surface area contributed by atoms with Gasteiger partial charge in [-0.3, -0.25) is 14.4 Å². The van der Waals surface area contributed by atoms with E-state index in [1.54, 1.807) is 0 Å². The SMILES string of the molecule is COC(=O)C[C@](C)(O)CC(=O)O[C@@H]1CC[C@]2(C)C3=C(CC[C@H]2C1(C)C)[C@]1(C)[C@@H](O)C[C@H]([C@@H](CCC=C(C)C)C(=O)O)[C@@]1(C)CC3. The molecular formula is C37H58O8. The summed E-state index contributed by atoms with van der Waals surface area (Å²) in [5, 5.41) is 32.8. The van der Waals surface area contributed by atoms with Crippen LogP contribution in [0.25, 0.3) is 0 Å². The first-order chi connectivity index (χ1) is 20.7. The van der Waals surface area contributed by atoms with E-state index in [0.717, 1.165) is 38.5 Å². The van der Waals surface area contributed by atoms with Crippen LogP contribution in [0.1, 0.15) is 126 Å². The quantitative estimate of drug-likeness (QED) is 0.178. The molecule has 2 saturated carbocycles. The van der Waals surface area contributed by atoms with Gasteiger partial charge in [0.1, 0.15) is 6.10 Å². The second-order valence-corrected chi connectivity index (χ2v) is 16.5. The van der Waals surface area contributed by atoms with E-state index in [2.05, 4.69) is 45.4 Å². The Hall–Kier alpha value is -2.19. The number of carboxylic acids is 1. The van der Waals surface area contributed by atoms with Gasteiger partial charge in [0, 0.05) is 10.8 Å². The van der Waals surface area contributed by atoms with Crippen molar-refractivity contribution >= 4 is 17.9 Å². The van der Waals surface area contributed by atoms with E-state index >= 15 is 0 Å². The number of rotatable bonds is 10. The van der Waals surface area contributed by atoms with Crippen molar-refractivity contribution in [3.8, 4) is 0 Å². The first-order valence-electron chi connectivity index (χ1n) is 17.0. The molecule has 0 aromatic carbocycles. The van der Waals surface area contributed by atoms with Gasteiger partial charge in [-0.05, 0) is 101 Å². The molecule has 4 rings (SSSR count). The molecule has 45 heavy (non-hydrogen) atoms. The molecule has 0 aromatic heterocycles. The highest BCUT2D eigenvalue weighted by atomic mass is 16.5. The molecule has 0 saturated heterocycles. The van der Waals surface area contributed by atoms with E-state index in [1.165, 1.54) is 30.8 Å². The third-order valence-corrected chi connectivity index (χ3v) is 13.2. The van der Waals surface area contributed by atoms with E-state index in [0.29, 0.717) is 19.3 Å². The Labute approximate surface area is 270 Å². The lowest BCUT2D eigenvalue weighted by atomic mass is 9.43. The highest BCUT2D eigenvalue weighted by molar-refractivity contribution is 5.75. The van der Waals surface area contributed by atoms with Crippen LogP contribution in [0.3, 0.4) is 0 Å². The lowest BCUT2D eigenvalue weighted by Crippen LogP contribution is -2.57. The molecule has 3 N–H and O–H groups in total. The predicted octanol–water partition coefficient (Wildman–Crippen LogP) is 6.77. The topological polar surface area (TPSA) is 130 Å². The summed E-state index contributed by atoms with van der Waals surface area (Å²) >= 11 is 0. The number of carboxylic acid groups (broad SMARTS) is 1. The molecule has 0 aromatic rings. The van der Waals surface area contributed by atoms with Crippen LogP contribution in [0.5, 0.6) is 0 Å². The van der Waals surface area contributed by atoms with E-state index in [9.17, 15) is 29.7 Å². The molecule has 8 nitrogen and oxygen atoms in total. The van der Waals surface area contributed by atoms with Crippen molar-refractivity contribution in [1.29, 1.82) is 0 Å². The molecule has 4 aliphatic carbocycles. The lowest BCUT2D eigenvalue weighted by molar-refractivity contribution is -0.175. The van der Waals surface area contributed by atoms with Gasteiger partial charge in [-0.15, -0.1) is 0 Å². The van der Waals surface area contributed by atoms with E-state index in [1.807, 2.05) is 13.8 Å². The Bertz CT molecular complexity index is 1240. The van der Waals surface area contributed by atoms with Gasteiger partial charge in [-0.1, -0.05) is 57.4 Å². The maximum absolute atomic E-state index is 13.0. The molecule has 9 atom stereocenters. The van der Waals surface area contributed by atoms with Crippen LogP contribution in [0, 0.1) is 39.4 Å². The number of aliphatic carboxylic acids is 1. The summed E-state index contributed by atoms with van der Waals surface area (Å²) in [7, 11) is 1.25. The summed E-state index contributed by atoms with van der Waals surface area (Å²) in [6.07, 6.45) is 7.51. The Morgan fingerprint density at radius 3 is 2.24 bits per heavy atom. The van der Waals surface area contributed by atoms with Crippen molar-refractivity contribution in [2.24, 2.45) is 39.4 Å². The first kappa shape index (κ1) is 35.7. The predicted molar refractivity (Wildman–Crippen MR) is 172 cm³/mol. The van der Waals surface area contributed by atoms with Crippen LogP contribution in [0.15, 0.2) is 22.8 Å². The van der Waals surface area contributed by atoms with Crippen molar-refractivity contribution in [2.75, 3.05) is 7.11 Å². The summed E-state index contributed by atoms with van der Waals surface area (Å²) in [4.78, 5) is 37.4. The summed E-state index contributed by atoms with van der Waals surface area (Å²) in [6.45, 7) is 16.7. The van der Waals surface area contributed by atoms with Gasteiger partial charge >= 0.3 is 17.9 Å². The number of carbonyl (C=O) groups excluding carboxylic acids is 2. The first-order valence-corrected chi connectivity index (χ1v) is 17.0. The minimum Gasteiger partial charge on any atom is -0.481 e. The zero-order chi connectivity index (χ0) is 33.8. The Morgan fingerprint density at radius 2 is 1.64 bits per heavy atom. The lowest BCUT2D eigenvalue weighted by Gasteiger charge is -2.62. The summed E-state index contributed by atoms with van der Waals surface area (Å²) in [6, 6.07) is 0. The maximum atomic E-state index is 13.0. The van der Waals surface area contributed by atoms with Crippen molar-refractivity contribution in [3.63, 3.8) is 0 Å². The molecule has 0 heterocycles. The van der Waals surface area contributed by atoms with Gasteiger partial charge in [0.2, 0.25) is 0 Å². The van der Waals surface area contributed by atoms with Gasteiger partial charge in [0.05, 0.1) is 37.6 Å². The number of aliphatic hydroxyl groups excluding tert-OH is 1. The largest absolute Gasteiger partial charge is 0.481 e. The van der Waals surface area contributed by atoms with Crippen molar-refractivity contribution in [1.82, 2.24) is 0 Å². The molecule has 0 aliphatic heterocycles. The molecule has 254 valence electrons. The zero-order valence-corrected chi connectivity index (χ0v) is 29.1. The van der Waals surface area contributed by atoms with Crippen LogP contribution < -0.4 is 0 Å². The monoisotopic (exact) mass is 630 g/mol. The number of allylic oxidation sites excluding steroid dienone is 3. The fraction of sp³-hybridized carbons (Fsp3) is 0.811. The van der Waals surface area contributed by atoms with Crippen molar-refractivity contribution in [2.45, 2.75) is 144 Å². The van der Waals surface area contributed by atoms with Crippen LogP contribution >= 0.6 is 0 Å². The zero-order valence-electron chi connectivity index (χ0n) is 29.1. The van der Waals surface area contributed by atoms with Crippen LogP contribution in [-0.2, 0) is 23.9 Å². The Balaban J connectivity index is 1.59. The fourth-order valence-electron chi connectivity index (χ4n) is 10.6. The van der Waals surface area contributed by atoms with E-state index in [-0.39, 0.29) is 47.0 Å². The van der Waals surface area contributed by atoms with Crippen molar-refractivity contribution in [3.05, 3.63) is 22.8 Å². The summed E-state index contributed by atoms with van der Waals surface area (Å²) < 4.78 is 10.7. The number of methoxy groups -OCH3 is 1. The van der Waals surface area contributed by atoms with Crippen LogP contribution in [-0.4, -0.2) is 58.1 Å². The average molecular weight is 631 g/mol. The number of aliphatic hydroxyl groups is 2. The number of fused-ring (bicyclic) bond motifs is 4. The molecule has 0 spiro atoms. The molecule has 2 fully saturated rings. The third kappa shape index (κ3) is 6.15. The molecule has 4 aliphatic rings. The Morgan fingerprint density at radius 1 is 1.00 bits per heavy atom. The average Bonchev–Trinajstić information content (AvgIpc) is 3.13. The molecule has 0 unspecified atom stereocenters. The third-order valence-electron chi connectivity index (χ3n) is 13.2.